The van der Waals surface area contributed by atoms with Crippen molar-refractivity contribution >= 4 is 40.2 Å². The van der Waals surface area contributed by atoms with Gasteiger partial charge < -0.3 is 15.0 Å². The maximum atomic E-state index is 6.20. The van der Waals surface area contributed by atoms with Crippen molar-refractivity contribution in [3.05, 3.63) is 46.7 Å². The van der Waals surface area contributed by atoms with E-state index < -0.39 is 0 Å². The van der Waals surface area contributed by atoms with Gasteiger partial charge in [-0.25, -0.2) is 4.98 Å². The molecule has 2 N–H and O–H groups in total. The van der Waals surface area contributed by atoms with Gasteiger partial charge in [-0.3, -0.25) is 0 Å². The Morgan fingerprint density at radius 2 is 2.09 bits per heavy atom. The van der Waals surface area contributed by atoms with Crippen molar-refractivity contribution in [2.45, 2.75) is 12.4 Å². The number of nitrogens with two attached hydrogens (primary N) is 1. The zero-order valence-electron chi connectivity index (χ0n) is 11.9. The zero-order valence-corrected chi connectivity index (χ0v) is 13.4. The maximum absolute atomic E-state index is 6.20. The Morgan fingerprint density at radius 3 is 2.82 bits per heavy atom. The molecule has 0 spiro atoms. The lowest BCUT2D eigenvalue weighted by molar-refractivity contribution is 0.408. The summed E-state index contributed by atoms with van der Waals surface area (Å²) in [5, 5.41) is 0.337. The molecule has 0 aliphatic rings. The standard InChI is InChI=1S/C15H14Cl2N4O/c1-22-12-6-9(7-16)2-3-10(12)8-21-5-4-11-13(21)14(17)20-15(18)19-11/h2-6H,7-8H2,1H3,(H2,18,19,20). The molecule has 0 saturated heterocycles. The van der Waals surface area contributed by atoms with Crippen LogP contribution in [0, 0.1) is 0 Å². The van der Waals surface area contributed by atoms with E-state index in [0.29, 0.717) is 23.1 Å². The van der Waals surface area contributed by atoms with Crippen LogP contribution in [0.4, 0.5) is 5.95 Å². The highest BCUT2D eigenvalue weighted by molar-refractivity contribution is 6.33. The molecule has 0 aliphatic carbocycles. The van der Waals surface area contributed by atoms with E-state index in [1.807, 2.05) is 35.0 Å². The lowest BCUT2D eigenvalue weighted by Gasteiger charge is -2.12. The summed E-state index contributed by atoms with van der Waals surface area (Å²) in [7, 11) is 1.64. The maximum Gasteiger partial charge on any atom is 0.222 e. The summed E-state index contributed by atoms with van der Waals surface area (Å²) in [5.74, 6) is 1.40. The van der Waals surface area contributed by atoms with Gasteiger partial charge in [-0.05, 0) is 17.7 Å². The second-order valence-corrected chi connectivity index (χ2v) is 5.46. The van der Waals surface area contributed by atoms with E-state index in [-0.39, 0.29) is 5.95 Å². The van der Waals surface area contributed by atoms with E-state index in [1.165, 1.54) is 0 Å². The Balaban J connectivity index is 2.04. The Morgan fingerprint density at radius 1 is 1.27 bits per heavy atom. The van der Waals surface area contributed by atoms with Crippen molar-refractivity contribution in [3.63, 3.8) is 0 Å². The molecule has 0 unspecified atom stereocenters. The van der Waals surface area contributed by atoms with E-state index in [9.17, 15) is 0 Å². The van der Waals surface area contributed by atoms with E-state index in [1.54, 1.807) is 7.11 Å². The van der Waals surface area contributed by atoms with Gasteiger partial charge in [0.05, 0.1) is 19.2 Å². The zero-order chi connectivity index (χ0) is 15.7. The Bertz CT molecular complexity index is 832. The quantitative estimate of drug-likeness (QED) is 0.585. The molecule has 0 fully saturated rings. The van der Waals surface area contributed by atoms with Crippen LogP contribution < -0.4 is 10.5 Å². The number of aromatic nitrogens is 3. The molecule has 22 heavy (non-hydrogen) atoms. The van der Waals surface area contributed by atoms with Crippen molar-refractivity contribution in [2.75, 3.05) is 12.8 Å². The molecule has 0 amide bonds. The highest BCUT2D eigenvalue weighted by Crippen LogP contribution is 2.27. The predicted octanol–water partition coefficient (Wildman–Crippen LogP) is 3.46. The van der Waals surface area contributed by atoms with E-state index in [2.05, 4.69) is 9.97 Å². The topological polar surface area (TPSA) is 66.0 Å². The average molecular weight is 337 g/mol. The van der Waals surface area contributed by atoms with Gasteiger partial charge in [-0.2, -0.15) is 4.98 Å². The van der Waals surface area contributed by atoms with Gasteiger partial charge in [-0.15, -0.1) is 11.6 Å². The number of nitrogens with zero attached hydrogens (tertiary/aromatic N) is 3. The first-order valence-electron chi connectivity index (χ1n) is 6.62. The second-order valence-electron chi connectivity index (χ2n) is 4.83. The van der Waals surface area contributed by atoms with Gasteiger partial charge in [0.25, 0.3) is 0 Å². The Labute approximate surface area is 137 Å². The van der Waals surface area contributed by atoms with Crippen LogP contribution in [0.3, 0.4) is 0 Å². The molecule has 0 radical (unpaired) electrons. The normalized spacial score (nSPS) is 11.0. The number of methoxy groups -OCH3 is 1. The number of ether oxygens (including phenoxy) is 1. The first-order valence-corrected chi connectivity index (χ1v) is 7.53. The van der Waals surface area contributed by atoms with Crippen LogP contribution in [0.1, 0.15) is 11.1 Å². The molecule has 3 rings (SSSR count). The van der Waals surface area contributed by atoms with Crippen LogP contribution in [-0.4, -0.2) is 21.6 Å². The van der Waals surface area contributed by atoms with Crippen molar-refractivity contribution in [1.29, 1.82) is 0 Å². The molecule has 2 aromatic heterocycles. The number of halogens is 2. The molecular formula is C15H14Cl2N4O. The number of benzene rings is 1. The molecule has 1 aromatic carbocycles. The summed E-state index contributed by atoms with van der Waals surface area (Å²) in [5.41, 5.74) is 9.11. The summed E-state index contributed by atoms with van der Waals surface area (Å²) >= 11 is 12.1. The van der Waals surface area contributed by atoms with Crippen LogP contribution in [0.15, 0.2) is 30.5 Å². The van der Waals surface area contributed by atoms with Gasteiger partial charge in [0.1, 0.15) is 11.3 Å². The summed E-state index contributed by atoms with van der Waals surface area (Å²) in [6.07, 6.45) is 1.90. The average Bonchev–Trinajstić information content (AvgIpc) is 2.90. The predicted molar refractivity (Wildman–Crippen MR) is 88.6 cm³/mol. The molecule has 7 heteroatoms. The molecular weight excluding hydrogens is 323 g/mol. The second kappa shape index (κ2) is 6.02. The number of nitrogen functional groups attached to an aromatic ring is 1. The molecule has 0 aliphatic heterocycles. The largest absolute Gasteiger partial charge is 0.496 e. The van der Waals surface area contributed by atoms with Crippen LogP contribution in [0.2, 0.25) is 5.15 Å². The molecule has 5 nitrogen and oxygen atoms in total. The molecule has 0 saturated carbocycles. The lowest BCUT2D eigenvalue weighted by Crippen LogP contribution is -2.03. The molecule has 0 atom stereocenters. The third-order valence-corrected chi connectivity index (χ3v) is 4.00. The Kier molecular flexibility index (Phi) is 4.09. The fraction of sp³-hybridized carbons (Fsp3) is 0.200. The van der Waals surface area contributed by atoms with E-state index in [4.69, 9.17) is 33.7 Å². The van der Waals surface area contributed by atoms with Gasteiger partial charge in [0.15, 0.2) is 5.15 Å². The number of anilines is 1. The van der Waals surface area contributed by atoms with Crippen molar-refractivity contribution in [1.82, 2.24) is 14.5 Å². The summed E-state index contributed by atoms with van der Waals surface area (Å²) in [6, 6.07) is 7.77. The van der Waals surface area contributed by atoms with E-state index >= 15 is 0 Å². The molecule has 2 heterocycles. The number of hydrogen-bond donors (Lipinski definition) is 1. The van der Waals surface area contributed by atoms with Crippen LogP contribution >= 0.6 is 23.2 Å². The third-order valence-electron chi connectivity index (χ3n) is 3.43. The molecule has 3 aromatic rings. The lowest BCUT2D eigenvalue weighted by atomic mass is 10.1. The molecule has 0 bridgehead atoms. The summed E-state index contributed by atoms with van der Waals surface area (Å²) < 4.78 is 7.41. The van der Waals surface area contributed by atoms with Crippen LogP contribution in [-0.2, 0) is 12.4 Å². The van der Waals surface area contributed by atoms with Gasteiger partial charge in [0, 0.05) is 17.6 Å². The fourth-order valence-electron chi connectivity index (χ4n) is 2.40. The fourth-order valence-corrected chi connectivity index (χ4v) is 2.85. The highest BCUT2D eigenvalue weighted by Gasteiger charge is 2.12. The van der Waals surface area contributed by atoms with Gasteiger partial charge in [0.2, 0.25) is 5.95 Å². The smallest absolute Gasteiger partial charge is 0.222 e. The van der Waals surface area contributed by atoms with Gasteiger partial charge in [-0.1, -0.05) is 23.7 Å². The minimum absolute atomic E-state index is 0.166. The Hall–Kier alpha value is -1.98. The number of hydrogen-bond acceptors (Lipinski definition) is 4. The number of alkyl halides is 1. The van der Waals surface area contributed by atoms with Crippen LogP contribution in [0.5, 0.6) is 5.75 Å². The summed E-state index contributed by atoms with van der Waals surface area (Å²) in [4.78, 5) is 8.19. The monoisotopic (exact) mass is 336 g/mol. The summed E-state index contributed by atoms with van der Waals surface area (Å²) in [6.45, 7) is 0.586. The minimum Gasteiger partial charge on any atom is -0.496 e. The third kappa shape index (κ3) is 2.69. The number of rotatable bonds is 4. The first-order chi connectivity index (χ1) is 10.6. The van der Waals surface area contributed by atoms with Crippen LogP contribution in [0.25, 0.3) is 11.0 Å². The van der Waals surface area contributed by atoms with Crippen molar-refractivity contribution < 1.29 is 4.74 Å². The minimum atomic E-state index is 0.166. The first kappa shape index (κ1) is 14.9. The van der Waals surface area contributed by atoms with E-state index in [0.717, 1.165) is 22.4 Å². The van der Waals surface area contributed by atoms with Crippen molar-refractivity contribution in [2.24, 2.45) is 0 Å². The van der Waals surface area contributed by atoms with Crippen molar-refractivity contribution in [3.8, 4) is 5.75 Å². The van der Waals surface area contributed by atoms with Gasteiger partial charge >= 0.3 is 0 Å². The highest BCUT2D eigenvalue weighted by atomic mass is 35.5. The SMILES string of the molecule is COc1cc(CCl)ccc1Cn1ccc2nc(N)nc(Cl)c21. The number of fused-ring (bicyclic) bond motifs is 1. The molecule has 114 valence electrons.